The maximum absolute atomic E-state index is 11.8. The van der Waals surface area contributed by atoms with E-state index in [2.05, 4.69) is 0 Å². The predicted octanol–water partition coefficient (Wildman–Crippen LogP) is 1.83. The molecule has 0 aromatic carbocycles. The van der Waals surface area contributed by atoms with Gasteiger partial charge in [0, 0.05) is 18.6 Å². The van der Waals surface area contributed by atoms with E-state index < -0.39 is 18.1 Å². The Morgan fingerprint density at radius 2 is 1.94 bits per heavy atom. The van der Waals surface area contributed by atoms with E-state index in [9.17, 15) is 13.2 Å². The van der Waals surface area contributed by atoms with E-state index in [4.69, 9.17) is 15.6 Å². The third-order valence-electron chi connectivity index (χ3n) is 2.12. The van der Waals surface area contributed by atoms with Crippen LogP contribution in [0.25, 0.3) is 0 Å². The molecule has 0 aliphatic carbocycles. The molecular weight excluding hydrogens is 223 g/mol. The van der Waals surface area contributed by atoms with Gasteiger partial charge in [0.05, 0.1) is 12.7 Å². The molecule has 98 valence electrons. The largest absolute Gasteiger partial charge is 0.394 e. The zero-order valence-corrected chi connectivity index (χ0v) is 9.68. The van der Waals surface area contributed by atoms with Gasteiger partial charge in [-0.2, -0.15) is 13.2 Å². The Balaban J connectivity index is 3.63. The fraction of sp³-hybridized carbons (Fsp3) is 1.00. The lowest BCUT2D eigenvalue weighted by molar-refractivity contribution is -0.139. The molecule has 0 aliphatic rings. The average molecular weight is 243 g/mol. The van der Waals surface area contributed by atoms with Crippen LogP contribution in [0.4, 0.5) is 13.2 Å². The third-order valence-corrected chi connectivity index (χ3v) is 2.12. The molecule has 0 aromatic rings. The summed E-state index contributed by atoms with van der Waals surface area (Å²) in [7, 11) is 0. The number of halogens is 3. The van der Waals surface area contributed by atoms with Crippen LogP contribution in [0.1, 0.15) is 33.1 Å². The van der Waals surface area contributed by atoms with Gasteiger partial charge in [-0.1, -0.05) is 0 Å². The fourth-order valence-corrected chi connectivity index (χ4v) is 1.34. The van der Waals surface area contributed by atoms with Gasteiger partial charge in [0.1, 0.15) is 0 Å². The number of nitrogens with two attached hydrogens (primary N) is 1. The molecule has 3 nitrogen and oxygen atoms in total. The van der Waals surface area contributed by atoms with Crippen molar-refractivity contribution < 1.29 is 23.0 Å². The highest BCUT2D eigenvalue weighted by Crippen LogP contribution is 2.21. The summed E-state index contributed by atoms with van der Waals surface area (Å²) in [5, 5.41) is 8.89. The number of hydrogen-bond donors (Lipinski definition) is 2. The minimum Gasteiger partial charge on any atom is -0.394 e. The molecule has 0 heterocycles. The second-order valence-corrected chi connectivity index (χ2v) is 4.42. The van der Waals surface area contributed by atoms with Crippen molar-refractivity contribution in [3.05, 3.63) is 0 Å². The topological polar surface area (TPSA) is 55.5 Å². The van der Waals surface area contributed by atoms with Crippen LogP contribution in [-0.4, -0.2) is 36.1 Å². The van der Waals surface area contributed by atoms with E-state index in [1.165, 1.54) is 0 Å². The Kier molecular flexibility index (Phi) is 6.28. The first kappa shape index (κ1) is 15.7. The third kappa shape index (κ3) is 8.94. The number of ether oxygens (including phenoxy) is 1. The Morgan fingerprint density at radius 3 is 2.38 bits per heavy atom. The molecule has 0 saturated heterocycles. The maximum Gasteiger partial charge on any atom is 0.389 e. The van der Waals surface area contributed by atoms with Crippen LogP contribution in [0.2, 0.25) is 0 Å². The summed E-state index contributed by atoms with van der Waals surface area (Å²) < 4.78 is 40.6. The average Bonchev–Trinajstić information content (AvgIpc) is 2.10. The lowest BCUT2D eigenvalue weighted by Crippen LogP contribution is -2.43. The molecule has 6 heteroatoms. The van der Waals surface area contributed by atoms with E-state index in [-0.39, 0.29) is 25.7 Å². The molecule has 16 heavy (non-hydrogen) atoms. The first-order valence-corrected chi connectivity index (χ1v) is 5.24. The molecule has 0 amide bonds. The van der Waals surface area contributed by atoms with Gasteiger partial charge < -0.3 is 15.6 Å². The van der Waals surface area contributed by atoms with E-state index in [0.29, 0.717) is 6.42 Å². The molecule has 0 aromatic heterocycles. The zero-order valence-electron chi connectivity index (χ0n) is 9.68. The summed E-state index contributed by atoms with van der Waals surface area (Å²) in [6.45, 7) is 3.28. The second-order valence-electron chi connectivity index (χ2n) is 4.42. The normalized spacial score (nSPS) is 18.2. The molecule has 0 spiro atoms. The molecule has 0 saturated carbocycles. The van der Waals surface area contributed by atoms with Crippen LogP contribution in [0.15, 0.2) is 0 Å². The Labute approximate surface area is 93.8 Å². The molecule has 0 fully saturated rings. The Hall–Kier alpha value is -0.330. The number of alkyl halides is 3. The van der Waals surface area contributed by atoms with Crippen molar-refractivity contribution in [2.24, 2.45) is 5.73 Å². The number of hydrogen-bond acceptors (Lipinski definition) is 3. The minimum absolute atomic E-state index is 0.0474. The smallest absolute Gasteiger partial charge is 0.389 e. The SMILES string of the molecule is CC(CC(C)(N)CO)OCCCC(F)(F)F. The zero-order chi connectivity index (χ0) is 12.8. The molecular formula is C10H20F3NO2. The second kappa shape index (κ2) is 6.42. The van der Waals surface area contributed by atoms with Gasteiger partial charge in [-0.15, -0.1) is 0 Å². The molecule has 2 atom stereocenters. The van der Waals surface area contributed by atoms with Crippen LogP contribution < -0.4 is 5.73 Å². The molecule has 2 unspecified atom stereocenters. The minimum atomic E-state index is -4.12. The first-order valence-electron chi connectivity index (χ1n) is 5.24. The van der Waals surface area contributed by atoms with Crippen molar-refractivity contribution in [1.29, 1.82) is 0 Å². The van der Waals surface area contributed by atoms with Gasteiger partial charge in [0.15, 0.2) is 0 Å². The highest BCUT2D eigenvalue weighted by Gasteiger charge is 2.26. The lowest BCUT2D eigenvalue weighted by atomic mass is 9.97. The number of rotatable bonds is 7. The molecule has 0 aliphatic heterocycles. The van der Waals surface area contributed by atoms with E-state index in [0.717, 1.165) is 0 Å². The van der Waals surface area contributed by atoms with Crippen LogP contribution in [0.3, 0.4) is 0 Å². The predicted molar refractivity (Wildman–Crippen MR) is 55.0 cm³/mol. The van der Waals surface area contributed by atoms with Crippen LogP contribution in [-0.2, 0) is 4.74 Å². The quantitative estimate of drug-likeness (QED) is 0.671. The van der Waals surface area contributed by atoms with Gasteiger partial charge in [-0.05, 0) is 26.7 Å². The van der Waals surface area contributed by atoms with Gasteiger partial charge in [-0.25, -0.2) is 0 Å². The summed E-state index contributed by atoms with van der Waals surface area (Å²) >= 11 is 0. The van der Waals surface area contributed by atoms with Crippen molar-refractivity contribution in [1.82, 2.24) is 0 Å². The summed E-state index contributed by atoms with van der Waals surface area (Å²) in [5.41, 5.74) is 4.93. The lowest BCUT2D eigenvalue weighted by Gasteiger charge is -2.25. The van der Waals surface area contributed by atoms with Crippen molar-refractivity contribution in [3.8, 4) is 0 Å². The highest BCUT2D eigenvalue weighted by atomic mass is 19.4. The van der Waals surface area contributed by atoms with Crippen molar-refractivity contribution >= 4 is 0 Å². The van der Waals surface area contributed by atoms with Crippen molar-refractivity contribution in [2.45, 2.75) is 50.9 Å². The van der Waals surface area contributed by atoms with Gasteiger partial charge in [-0.3, -0.25) is 0 Å². The number of aliphatic hydroxyl groups excluding tert-OH is 1. The van der Waals surface area contributed by atoms with Gasteiger partial charge in [0.25, 0.3) is 0 Å². The van der Waals surface area contributed by atoms with Gasteiger partial charge in [0.2, 0.25) is 0 Å². The van der Waals surface area contributed by atoms with E-state index >= 15 is 0 Å². The molecule has 0 bridgehead atoms. The van der Waals surface area contributed by atoms with Crippen LogP contribution in [0, 0.1) is 0 Å². The van der Waals surface area contributed by atoms with Crippen molar-refractivity contribution in [2.75, 3.05) is 13.2 Å². The van der Waals surface area contributed by atoms with Crippen molar-refractivity contribution in [3.63, 3.8) is 0 Å². The monoisotopic (exact) mass is 243 g/mol. The van der Waals surface area contributed by atoms with Crippen LogP contribution >= 0.6 is 0 Å². The summed E-state index contributed by atoms with van der Waals surface area (Å²) in [6, 6.07) is 0. The summed E-state index contributed by atoms with van der Waals surface area (Å²) in [6.07, 6.45) is -4.85. The summed E-state index contributed by atoms with van der Waals surface area (Å²) in [5.74, 6) is 0. The van der Waals surface area contributed by atoms with Crippen LogP contribution in [0.5, 0.6) is 0 Å². The molecule has 0 radical (unpaired) electrons. The van der Waals surface area contributed by atoms with Gasteiger partial charge >= 0.3 is 6.18 Å². The summed E-state index contributed by atoms with van der Waals surface area (Å²) in [4.78, 5) is 0. The number of aliphatic hydroxyl groups is 1. The highest BCUT2D eigenvalue weighted by molar-refractivity contribution is 4.79. The van der Waals surface area contributed by atoms with E-state index in [1.807, 2.05) is 0 Å². The Morgan fingerprint density at radius 1 is 1.38 bits per heavy atom. The molecule has 3 N–H and O–H groups in total. The van der Waals surface area contributed by atoms with E-state index in [1.54, 1.807) is 13.8 Å². The maximum atomic E-state index is 11.8. The first-order chi connectivity index (χ1) is 7.16. The Bertz CT molecular complexity index is 195. The standard InChI is InChI=1S/C10H20F3NO2/c1-8(6-9(2,14)7-15)16-5-3-4-10(11,12)13/h8,15H,3-7,14H2,1-2H3. The fourth-order valence-electron chi connectivity index (χ4n) is 1.34. The molecule has 0 rings (SSSR count).